The van der Waals surface area contributed by atoms with Crippen LogP contribution in [0.5, 0.6) is 5.75 Å². The molecule has 4 nitrogen and oxygen atoms in total. The van der Waals surface area contributed by atoms with Crippen LogP contribution in [0.3, 0.4) is 0 Å². The van der Waals surface area contributed by atoms with E-state index in [2.05, 4.69) is 39.3 Å². The third-order valence-electron chi connectivity index (χ3n) is 3.16. The van der Waals surface area contributed by atoms with Gasteiger partial charge < -0.3 is 10.1 Å². The predicted molar refractivity (Wildman–Crippen MR) is 84.0 cm³/mol. The van der Waals surface area contributed by atoms with Crippen LogP contribution in [-0.4, -0.2) is 23.4 Å². The third-order valence-corrected chi connectivity index (χ3v) is 3.66. The van der Waals surface area contributed by atoms with Crippen LogP contribution in [0.2, 0.25) is 0 Å². The molecule has 0 spiro atoms. The van der Waals surface area contributed by atoms with Crippen molar-refractivity contribution in [3.05, 3.63) is 46.2 Å². The van der Waals surface area contributed by atoms with Crippen molar-refractivity contribution in [1.82, 2.24) is 15.1 Å². The van der Waals surface area contributed by atoms with Gasteiger partial charge in [0.25, 0.3) is 0 Å². The monoisotopic (exact) mass is 337 g/mol. The summed E-state index contributed by atoms with van der Waals surface area (Å²) in [6.07, 6.45) is 5.01. The van der Waals surface area contributed by atoms with Gasteiger partial charge >= 0.3 is 0 Å². The average molecular weight is 338 g/mol. The van der Waals surface area contributed by atoms with Gasteiger partial charge in [0.2, 0.25) is 0 Å². The van der Waals surface area contributed by atoms with Crippen LogP contribution in [0, 0.1) is 0 Å². The smallest absolute Gasteiger partial charge is 0.125 e. The van der Waals surface area contributed by atoms with E-state index in [1.54, 1.807) is 7.11 Å². The van der Waals surface area contributed by atoms with E-state index in [1.165, 1.54) is 0 Å². The van der Waals surface area contributed by atoms with Gasteiger partial charge in [0.05, 0.1) is 19.3 Å². The highest BCUT2D eigenvalue weighted by Gasteiger charge is 2.19. The van der Waals surface area contributed by atoms with Crippen molar-refractivity contribution in [3.63, 3.8) is 0 Å². The minimum absolute atomic E-state index is 0.0895. The lowest BCUT2D eigenvalue weighted by atomic mass is 10.0. The summed E-state index contributed by atoms with van der Waals surface area (Å²) in [5, 5.41) is 7.83. The Hall–Kier alpha value is -1.33. The van der Waals surface area contributed by atoms with E-state index in [1.807, 2.05) is 36.3 Å². The molecule has 0 aliphatic heterocycles. The molecule has 1 heterocycles. The standard InChI is InChI=1S/C15H20BrN3O/c1-4-7-17-15(11-9-18-19(2)10-11)13-6-5-12(16)8-14(13)20-3/h5-6,8-10,15,17H,4,7H2,1-3H3. The third kappa shape index (κ3) is 3.41. The second-order valence-electron chi connectivity index (χ2n) is 4.72. The number of nitrogens with one attached hydrogen (secondary N) is 1. The maximum atomic E-state index is 5.52. The minimum Gasteiger partial charge on any atom is -0.496 e. The molecule has 1 atom stereocenters. The Bertz CT molecular complexity index is 568. The SMILES string of the molecule is CCCNC(c1cnn(C)c1)c1ccc(Br)cc1OC. The summed E-state index contributed by atoms with van der Waals surface area (Å²) in [4.78, 5) is 0. The van der Waals surface area contributed by atoms with Gasteiger partial charge in [-0.15, -0.1) is 0 Å². The zero-order valence-corrected chi connectivity index (χ0v) is 13.6. The number of halogens is 1. The number of benzene rings is 1. The Morgan fingerprint density at radius 2 is 2.25 bits per heavy atom. The first kappa shape index (κ1) is 15.1. The molecule has 1 aromatic carbocycles. The molecule has 20 heavy (non-hydrogen) atoms. The topological polar surface area (TPSA) is 39.1 Å². The Labute approximate surface area is 128 Å². The molecule has 1 unspecified atom stereocenters. The van der Waals surface area contributed by atoms with Crippen molar-refractivity contribution in [2.75, 3.05) is 13.7 Å². The second kappa shape index (κ2) is 6.90. The molecule has 0 saturated carbocycles. The minimum atomic E-state index is 0.0895. The number of hydrogen-bond acceptors (Lipinski definition) is 3. The lowest BCUT2D eigenvalue weighted by molar-refractivity contribution is 0.403. The Morgan fingerprint density at radius 3 is 2.85 bits per heavy atom. The molecule has 2 rings (SSSR count). The van der Waals surface area contributed by atoms with Gasteiger partial charge in [0.1, 0.15) is 5.75 Å². The highest BCUT2D eigenvalue weighted by Crippen LogP contribution is 2.32. The van der Waals surface area contributed by atoms with Gasteiger partial charge in [0.15, 0.2) is 0 Å². The highest BCUT2D eigenvalue weighted by molar-refractivity contribution is 9.10. The number of aromatic nitrogens is 2. The van der Waals surface area contributed by atoms with Crippen LogP contribution in [0.15, 0.2) is 35.1 Å². The first-order valence-corrected chi connectivity index (χ1v) is 7.50. The van der Waals surface area contributed by atoms with Crippen molar-refractivity contribution in [1.29, 1.82) is 0 Å². The quantitative estimate of drug-likeness (QED) is 0.879. The molecular formula is C15H20BrN3O. The molecule has 1 aromatic heterocycles. The first-order chi connectivity index (χ1) is 9.65. The zero-order valence-electron chi connectivity index (χ0n) is 12.1. The summed E-state index contributed by atoms with van der Waals surface area (Å²) in [5.41, 5.74) is 2.26. The maximum Gasteiger partial charge on any atom is 0.125 e. The average Bonchev–Trinajstić information content (AvgIpc) is 2.87. The van der Waals surface area contributed by atoms with Crippen molar-refractivity contribution in [2.45, 2.75) is 19.4 Å². The molecule has 5 heteroatoms. The maximum absolute atomic E-state index is 5.52. The van der Waals surface area contributed by atoms with Crippen molar-refractivity contribution < 1.29 is 4.74 Å². The largest absolute Gasteiger partial charge is 0.496 e. The van der Waals surface area contributed by atoms with Gasteiger partial charge in [-0.25, -0.2) is 0 Å². The van der Waals surface area contributed by atoms with E-state index in [0.717, 1.165) is 34.3 Å². The first-order valence-electron chi connectivity index (χ1n) is 6.71. The number of aryl methyl sites for hydroxylation is 1. The molecule has 0 radical (unpaired) electrons. The molecule has 108 valence electrons. The lowest BCUT2D eigenvalue weighted by Gasteiger charge is -2.20. The molecule has 0 aliphatic carbocycles. The van der Waals surface area contributed by atoms with Gasteiger partial charge in [-0.2, -0.15) is 5.10 Å². The van der Waals surface area contributed by atoms with Crippen LogP contribution in [-0.2, 0) is 7.05 Å². The molecule has 0 fully saturated rings. The van der Waals surface area contributed by atoms with Crippen molar-refractivity contribution in [2.24, 2.45) is 7.05 Å². The van der Waals surface area contributed by atoms with Gasteiger partial charge in [-0.1, -0.05) is 28.9 Å². The lowest BCUT2D eigenvalue weighted by Crippen LogP contribution is -2.23. The Morgan fingerprint density at radius 1 is 1.45 bits per heavy atom. The van der Waals surface area contributed by atoms with Crippen molar-refractivity contribution >= 4 is 15.9 Å². The summed E-state index contributed by atoms with van der Waals surface area (Å²) in [5.74, 6) is 0.872. The van der Waals surface area contributed by atoms with Gasteiger partial charge in [-0.05, 0) is 25.1 Å². The summed E-state index contributed by atoms with van der Waals surface area (Å²) >= 11 is 3.48. The number of methoxy groups -OCH3 is 1. The van der Waals surface area contributed by atoms with E-state index in [-0.39, 0.29) is 6.04 Å². The van der Waals surface area contributed by atoms with E-state index in [4.69, 9.17) is 4.74 Å². The van der Waals surface area contributed by atoms with Crippen LogP contribution in [0.4, 0.5) is 0 Å². The summed E-state index contributed by atoms with van der Waals surface area (Å²) in [7, 11) is 3.63. The normalized spacial score (nSPS) is 12.4. The van der Waals surface area contributed by atoms with E-state index in [9.17, 15) is 0 Å². The molecule has 0 bridgehead atoms. The fourth-order valence-corrected chi connectivity index (χ4v) is 2.55. The fraction of sp³-hybridized carbons (Fsp3) is 0.400. The van der Waals surface area contributed by atoms with Crippen LogP contribution in [0.1, 0.15) is 30.5 Å². The molecule has 0 aliphatic rings. The summed E-state index contributed by atoms with van der Waals surface area (Å²) < 4.78 is 8.35. The molecule has 0 saturated heterocycles. The Kier molecular flexibility index (Phi) is 5.20. The van der Waals surface area contributed by atoms with Crippen LogP contribution in [0.25, 0.3) is 0 Å². The zero-order chi connectivity index (χ0) is 14.5. The van der Waals surface area contributed by atoms with E-state index < -0.39 is 0 Å². The Balaban J connectivity index is 2.40. The number of nitrogens with zero attached hydrogens (tertiary/aromatic N) is 2. The van der Waals surface area contributed by atoms with E-state index >= 15 is 0 Å². The molecule has 1 N–H and O–H groups in total. The second-order valence-corrected chi connectivity index (χ2v) is 5.64. The van der Waals surface area contributed by atoms with Crippen LogP contribution < -0.4 is 10.1 Å². The summed E-state index contributed by atoms with van der Waals surface area (Å²) in [6, 6.07) is 6.21. The fourth-order valence-electron chi connectivity index (χ4n) is 2.21. The predicted octanol–water partition coefficient (Wildman–Crippen LogP) is 3.28. The molecule has 0 amide bonds. The highest BCUT2D eigenvalue weighted by atomic mass is 79.9. The number of rotatable bonds is 6. The molecular weight excluding hydrogens is 318 g/mol. The summed E-state index contributed by atoms with van der Waals surface area (Å²) in [6.45, 7) is 3.10. The van der Waals surface area contributed by atoms with Gasteiger partial charge in [-0.3, -0.25) is 4.68 Å². The van der Waals surface area contributed by atoms with Crippen molar-refractivity contribution in [3.8, 4) is 5.75 Å². The van der Waals surface area contributed by atoms with Crippen LogP contribution >= 0.6 is 15.9 Å². The van der Waals surface area contributed by atoms with E-state index in [0.29, 0.717) is 0 Å². The van der Waals surface area contributed by atoms with Gasteiger partial charge in [0, 0.05) is 28.8 Å². The number of ether oxygens (including phenoxy) is 1. The molecule has 2 aromatic rings. The number of hydrogen-bond donors (Lipinski definition) is 1.